The summed E-state index contributed by atoms with van der Waals surface area (Å²) in [5.74, 6) is 1.18. The van der Waals surface area contributed by atoms with Gasteiger partial charge in [-0.25, -0.2) is 9.59 Å². The zero-order valence-electron chi connectivity index (χ0n) is 13.1. The van der Waals surface area contributed by atoms with E-state index in [0.717, 1.165) is 9.36 Å². The molecule has 1 aromatic heterocycles. The molecule has 0 spiro atoms. The van der Waals surface area contributed by atoms with E-state index in [4.69, 9.17) is 9.47 Å². The predicted octanol–water partition coefficient (Wildman–Crippen LogP) is 1.07. The van der Waals surface area contributed by atoms with Crippen molar-refractivity contribution in [3.8, 4) is 11.5 Å². The highest BCUT2D eigenvalue weighted by Gasteiger charge is 2.26. The van der Waals surface area contributed by atoms with Crippen molar-refractivity contribution >= 4 is 11.7 Å². The maximum absolute atomic E-state index is 12.7. The van der Waals surface area contributed by atoms with Gasteiger partial charge in [0.05, 0.1) is 0 Å². The maximum atomic E-state index is 12.7. The molecule has 0 saturated heterocycles. The van der Waals surface area contributed by atoms with Crippen molar-refractivity contribution in [1.82, 2.24) is 19.8 Å². The zero-order valence-corrected chi connectivity index (χ0v) is 13.1. The number of hydrogen-bond donors (Lipinski definition) is 0. The Morgan fingerprint density at radius 2 is 2.04 bits per heavy atom. The Morgan fingerprint density at radius 1 is 1.30 bits per heavy atom. The predicted molar refractivity (Wildman–Crippen MR) is 80.9 cm³/mol. The Labute approximate surface area is 132 Å². The number of carbonyl (C=O) groups excluding carboxylic acids is 1. The van der Waals surface area contributed by atoms with E-state index in [0.29, 0.717) is 23.7 Å². The highest BCUT2D eigenvalue weighted by atomic mass is 16.7. The molecule has 2 heterocycles. The molecule has 1 aliphatic heterocycles. The van der Waals surface area contributed by atoms with E-state index in [9.17, 15) is 9.59 Å². The first-order chi connectivity index (χ1) is 11.0. The summed E-state index contributed by atoms with van der Waals surface area (Å²) in [5.41, 5.74) is 0.0242. The van der Waals surface area contributed by atoms with Crippen molar-refractivity contribution in [2.24, 2.45) is 0 Å². The van der Waals surface area contributed by atoms with Gasteiger partial charge in [0, 0.05) is 24.3 Å². The van der Waals surface area contributed by atoms with Crippen LogP contribution in [0.1, 0.15) is 20.8 Å². The number of aromatic nitrogens is 4. The fraction of sp³-hybridized carbons (Fsp3) is 0.429. The number of rotatable bonds is 3. The van der Waals surface area contributed by atoms with E-state index in [1.54, 1.807) is 25.1 Å². The lowest BCUT2D eigenvalue weighted by Gasteiger charge is -2.25. The molecule has 0 unspecified atom stereocenters. The number of tetrazole rings is 1. The monoisotopic (exact) mass is 319 g/mol. The second-order valence-corrected chi connectivity index (χ2v) is 5.27. The average Bonchev–Trinajstić information content (AvgIpc) is 3.12. The quantitative estimate of drug-likeness (QED) is 0.786. The van der Waals surface area contributed by atoms with Crippen LogP contribution in [0.2, 0.25) is 0 Å². The average molecular weight is 319 g/mol. The van der Waals surface area contributed by atoms with Gasteiger partial charge in [0.15, 0.2) is 11.5 Å². The van der Waals surface area contributed by atoms with Crippen LogP contribution in [0, 0.1) is 0 Å². The van der Waals surface area contributed by atoms with E-state index >= 15 is 0 Å². The summed E-state index contributed by atoms with van der Waals surface area (Å²) >= 11 is 0. The first-order valence-corrected chi connectivity index (χ1v) is 7.29. The smallest absolute Gasteiger partial charge is 0.372 e. The van der Waals surface area contributed by atoms with Crippen LogP contribution >= 0.6 is 0 Å². The normalized spacial score (nSPS) is 12.7. The molecule has 0 aliphatic carbocycles. The third-order valence-corrected chi connectivity index (χ3v) is 3.48. The fourth-order valence-corrected chi connectivity index (χ4v) is 2.36. The number of hydrogen-bond acceptors (Lipinski definition) is 6. The Hall–Kier alpha value is -2.84. The van der Waals surface area contributed by atoms with E-state index in [1.807, 2.05) is 13.8 Å². The lowest BCUT2D eigenvalue weighted by atomic mass is 10.2. The third-order valence-electron chi connectivity index (χ3n) is 3.48. The molecule has 0 saturated carbocycles. The first-order valence-electron chi connectivity index (χ1n) is 7.29. The molecule has 122 valence electrons. The molecule has 0 radical (unpaired) electrons. The molecule has 9 heteroatoms. The zero-order chi connectivity index (χ0) is 16.6. The minimum atomic E-state index is -0.566. The SMILES string of the molecule is CCn1nnn(C(=O)N(c2ccc3c(c2)OCO3)C(C)C)c1=O. The maximum Gasteiger partial charge on any atom is 0.372 e. The Kier molecular flexibility index (Phi) is 3.77. The van der Waals surface area contributed by atoms with Crippen LogP contribution in [-0.4, -0.2) is 38.7 Å². The van der Waals surface area contributed by atoms with Crippen LogP contribution in [0.5, 0.6) is 11.5 Å². The van der Waals surface area contributed by atoms with Crippen molar-refractivity contribution in [3.63, 3.8) is 0 Å². The molecule has 3 rings (SSSR count). The number of amides is 1. The van der Waals surface area contributed by atoms with Gasteiger partial charge < -0.3 is 9.47 Å². The lowest BCUT2D eigenvalue weighted by Crippen LogP contribution is -2.44. The molecule has 1 amide bonds. The number of carbonyl (C=O) groups is 1. The van der Waals surface area contributed by atoms with E-state index < -0.39 is 11.7 Å². The van der Waals surface area contributed by atoms with Gasteiger partial charge in [-0.3, -0.25) is 4.90 Å². The highest BCUT2D eigenvalue weighted by Crippen LogP contribution is 2.36. The van der Waals surface area contributed by atoms with E-state index in [2.05, 4.69) is 10.4 Å². The summed E-state index contributed by atoms with van der Waals surface area (Å²) in [6.45, 7) is 5.94. The highest BCUT2D eigenvalue weighted by molar-refractivity contribution is 5.93. The third kappa shape index (κ3) is 2.54. The van der Waals surface area contributed by atoms with Crippen molar-refractivity contribution in [1.29, 1.82) is 0 Å². The summed E-state index contributed by atoms with van der Waals surface area (Å²) in [6, 6.07) is 4.41. The first kappa shape index (κ1) is 15.1. The Balaban J connectivity index is 2.00. The van der Waals surface area contributed by atoms with Crippen LogP contribution < -0.4 is 20.1 Å². The molecule has 1 aliphatic rings. The van der Waals surface area contributed by atoms with Crippen molar-refractivity contribution < 1.29 is 14.3 Å². The van der Waals surface area contributed by atoms with Crippen LogP contribution in [0.3, 0.4) is 0 Å². The molecular weight excluding hydrogens is 302 g/mol. The van der Waals surface area contributed by atoms with Crippen LogP contribution in [0.4, 0.5) is 10.5 Å². The minimum Gasteiger partial charge on any atom is -0.454 e. The molecule has 23 heavy (non-hydrogen) atoms. The second kappa shape index (κ2) is 5.75. The van der Waals surface area contributed by atoms with E-state index in [1.165, 1.54) is 4.90 Å². The fourth-order valence-electron chi connectivity index (χ4n) is 2.36. The summed E-state index contributed by atoms with van der Waals surface area (Å²) in [7, 11) is 0. The molecule has 0 atom stereocenters. The van der Waals surface area contributed by atoms with Gasteiger partial charge in [0.2, 0.25) is 6.79 Å². The number of aryl methyl sites for hydroxylation is 1. The van der Waals surface area contributed by atoms with E-state index in [-0.39, 0.29) is 12.8 Å². The van der Waals surface area contributed by atoms with Crippen molar-refractivity contribution in [3.05, 3.63) is 28.7 Å². The van der Waals surface area contributed by atoms with Gasteiger partial charge in [-0.2, -0.15) is 4.68 Å². The molecule has 0 fully saturated rings. The van der Waals surface area contributed by atoms with Crippen molar-refractivity contribution in [2.75, 3.05) is 11.7 Å². The van der Waals surface area contributed by atoms with Gasteiger partial charge >= 0.3 is 11.7 Å². The van der Waals surface area contributed by atoms with Crippen LogP contribution in [0.25, 0.3) is 0 Å². The number of fused-ring (bicyclic) bond motifs is 1. The number of nitrogens with zero attached hydrogens (tertiary/aromatic N) is 5. The largest absolute Gasteiger partial charge is 0.454 e. The summed E-state index contributed by atoms with van der Waals surface area (Å²) in [4.78, 5) is 26.3. The Morgan fingerprint density at radius 3 is 2.70 bits per heavy atom. The summed E-state index contributed by atoms with van der Waals surface area (Å²) in [6.07, 6.45) is 0. The van der Waals surface area contributed by atoms with Crippen LogP contribution in [-0.2, 0) is 6.54 Å². The molecule has 1 aromatic carbocycles. The topological polar surface area (TPSA) is 91.5 Å². The number of ether oxygens (including phenoxy) is 2. The van der Waals surface area contributed by atoms with Gasteiger partial charge in [-0.1, -0.05) is 0 Å². The van der Waals surface area contributed by atoms with Gasteiger partial charge in [0.25, 0.3) is 0 Å². The minimum absolute atomic E-state index is 0.151. The summed E-state index contributed by atoms with van der Waals surface area (Å²) in [5, 5.41) is 7.33. The molecule has 0 N–H and O–H groups in total. The standard InChI is InChI=1S/C14H17N5O4/c1-4-17-13(20)19(16-15-17)14(21)18(9(2)3)10-5-6-11-12(7-10)23-8-22-11/h5-7,9H,4,8H2,1-3H3. The number of benzene rings is 1. The van der Waals surface area contributed by atoms with Gasteiger partial charge in [0.1, 0.15) is 0 Å². The molecule has 9 nitrogen and oxygen atoms in total. The van der Waals surface area contributed by atoms with Gasteiger partial charge in [-0.05, 0) is 43.3 Å². The van der Waals surface area contributed by atoms with Gasteiger partial charge in [-0.15, -0.1) is 4.68 Å². The summed E-state index contributed by atoms with van der Waals surface area (Å²) < 4.78 is 12.5. The van der Waals surface area contributed by atoms with Crippen molar-refractivity contribution in [2.45, 2.75) is 33.4 Å². The number of anilines is 1. The Bertz CT molecular complexity index is 795. The molecule has 2 aromatic rings. The lowest BCUT2D eigenvalue weighted by molar-refractivity contribution is 0.174. The second-order valence-electron chi connectivity index (χ2n) is 5.27. The molecule has 0 bridgehead atoms. The van der Waals surface area contributed by atoms with Crippen LogP contribution in [0.15, 0.2) is 23.0 Å². The molecular formula is C14H17N5O4.